The summed E-state index contributed by atoms with van der Waals surface area (Å²) in [6, 6.07) is 10.5. The van der Waals surface area contributed by atoms with Crippen molar-refractivity contribution in [3.8, 4) is 0 Å². The van der Waals surface area contributed by atoms with Gasteiger partial charge in [0.25, 0.3) is 0 Å². The number of aliphatic imine (C=N–C) groups is 1. The van der Waals surface area contributed by atoms with E-state index in [0.717, 1.165) is 18.1 Å². The number of hydrogen-bond donors (Lipinski definition) is 3. The van der Waals surface area contributed by atoms with Gasteiger partial charge in [-0.15, -0.1) is 24.0 Å². The van der Waals surface area contributed by atoms with E-state index in [1.807, 2.05) is 37.3 Å². The number of rotatable bonds is 8. The third-order valence-corrected chi connectivity index (χ3v) is 3.14. The number of halogens is 1. The first-order valence-corrected chi connectivity index (χ1v) is 7.62. The summed E-state index contributed by atoms with van der Waals surface area (Å²) in [4.78, 5) is 4.38. The molecule has 0 spiro atoms. The predicted octanol–water partition coefficient (Wildman–Crippen LogP) is 1.90. The van der Waals surface area contributed by atoms with Gasteiger partial charge < -0.3 is 20.5 Å². The first-order chi connectivity index (χ1) is 10.3. The van der Waals surface area contributed by atoms with E-state index in [2.05, 4.69) is 15.6 Å². The van der Waals surface area contributed by atoms with Crippen molar-refractivity contribution < 1.29 is 9.84 Å². The molecule has 2 rings (SSSR count). The summed E-state index contributed by atoms with van der Waals surface area (Å²) in [5.74, 6) is 0.780. The Balaban J connectivity index is 0.00000242. The molecule has 1 fully saturated rings. The van der Waals surface area contributed by atoms with Crippen molar-refractivity contribution in [2.75, 3.05) is 19.7 Å². The number of hydrogen-bond acceptors (Lipinski definition) is 3. The normalized spacial score (nSPS) is 15.8. The van der Waals surface area contributed by atoms with Gasteiger partial charge in [-0.1, -0.05) is 30.3 Å². The molecule has 5 nitrogen and oxygen atoms in total. The zero-order chi connectivity index (χ0) is 14.9. The summed E-state index contributed by atoms with van der Waals surface area (Å²) in [5, 5.41) is 16.4. The van der Waals surface area contributed by atoms with Gasteiger partial charge in [-0.05, 0) is 25.3 Å². The van der Waals surface area contributed by atoms with Gasteiger partial charge in [0.2, 0.25) is 0 Å². The van der Waals surface area contributed by atoms with Crippen molar-refractivity contribution in [3.63, 3.8) is 0 Å². The number of guanidine groups is 1. The van der Waals surface area contributed by atoms with Crippen LogP contribution in [-0.4, -0.2) is 42.9 Å². The van der Waals surface area contributed by atoms with E-state index in [4.69, 9.17) is 4.74 Å². The highest BCUT2D eigenvalue weighted by Gasteiger charge is 2.22. The summed E-state index contributed by atoms with van der Waals surface area (Å²) in [6.07, 6.45) is 1.82. The Hall–Kier alpha value is -0.860. The maximum Gasteiger partial charge on any atom is 0.191 e. The molecule has 1 aliphatic rings. The topological polar surface area (TPSA) is 65.9 Å². The maximum atomic E-state index is 9.91. The molecule has 0 amide bonds. The molecular weight excluding hydrogens is 393 g/mol. The fraction of sp³-hybridized carbons (Fsp3) is 0.562. The molecule has 6 heteroatoms. The summed E-state index contributed by atoms with van der Waals surface area (Å²) < 4.78 is 5.51. The molecule has 3 N–H and O–H groups in total. The average molecular weight is 419 g/mol. The molecule has 1 saturated carbocycles. The lowest BCUT2D eigenvalue weighted by molar-refractivity contribution is 0.0331. The first-order valence-electron chi connectivity index (χ1n) is 7.62. The van der Waals surface area contributed by atoms with E-state index in [1.165, 1.54) is 12.8 Å². The minimum absolute atomic E-state index is 0. The highest BCUT2D eigenvalue weighted by Crippen LogP contribution is 2.18. The maximum absolute atomic E-state index is 9.91. The van der Waals surface area contributed by atoms with Crippen LogP contribution in [-0.2, 0) is 11.3 Å². The van der Waals surface area contributed by atoms with Gasteiger partial charge in [0.1, 0.15) is 0 Å². The van der Waals surface area contributed by atoms with Gasteiger partial charge in [0, 0.05) is 12.6 Å². The SMILES string of the molecule is CCNC(=NCC(O)COCc1ccccc1)NC1CC1.I. The monoisotopic (exact) mass is 419 g/mol. The summed E-state index contributed by atoms with van der Waals surface area (Å²) in [6.45, 7) is 4.00. The molecule has 1 aromatic rings. The van der Waals surface area contributed by atoms with Crippen molar-refractivity contribution in [1.82, 2.24) is 10.6 Å². The lowest BCUT2D eigenvalue weighted by atomic mass is 10.2. The molecule has 124 valence electrons. The number of benzene rings is 1. The van der Waals surface area contributed by atoms with E-state index in [0.29, 0.717) is 25.8 Å². The number of aliphatic hydroxyl groups excluding tert-OH is 1. The quantitative estimate of drug-likeness (QED) is 0.342. The van der Waals surface area contributed by atoms with Crippen LogP contribution in [0.25, 0.3) is 0 Å². The predicted molar refractivity (Wildman–Crippen MR) is 99.7 cm³/mol. The van der Waals surface area contributed by atoms with Crippen molar-refractivity contribution in [2.24, 2.45) is 4.99 Å². The minimum atomic E-state index is -0.580. The number of ether oxygens (including phenoxy) is 1. The second-order valence-corrected chi connectivity index (χ2v) is 5.29. The van der Waals surface area contributed by atoms with Crippen molar-refractivity contribution in [2.45, 2.75) is 38.5 Å². The Morgan fingerprint density at radius 1 is 1.36 bits per heavy atom. The molecule has 0 saturated heterocycles. The third kappa shape index (κ3) is 7.95. The minimum Gasteiger partial charge on any atom is -0.389 e. The Bertz CT molecular complexity index is 438. The number of nitrogens with zero attached hydrogens (tertiary/aromatic N) is 1. The molecule has 0 aliphatic heterocycles. The third-order valence-electron chi connectivity index (χ3n) is 3.14. The van der Waals surface area contributed by atoms with Gasteiger partial charge in [-0.3, -0.25) is 4.99 Å². The number of aliphatic hydroxyl groups is 1. The fourth-order valence-electron chi connectivity index (χ4n) is 1.88. The molecule has 0 aromatic heterocycles. The average Bonchev–Trinajstić information content (AvgIpc) is 3.30. The van der Waals surface area contributed by atoms with Crippen molar-refractivity contribution in [3.05, 3.63) is 35.9 Å². The van der Waals surface area contributed by atoms with E-state index in [-0.39, 0.29) is 24.0 Å². The summed E-state index contributed by atoms with van der Waals surface area (Å²) in [7, 11) is 0. The Kier molecular flexibility index (Phi) is 9.42. The Morgan fingerprint density at radius 2 is 2.09 bits per heavy atom. The molecular formula is C16H26IN3O2. The standard InChI is InChI=1S/C16H25N3O2.HI/c1-2-17-16(19-14-8-9-14)18-10-15(20)12-21-11-13-6-4-3-5-7-13;/h3-7,14-15,20H,2,8-12H2,1H3,(H2,17,18,19);1H. The van der Waals surface area contributed by atoms with Crippen LogP contribution in [0.1, 0.15) is 25.3 Å². The first kappa shape index (κ1) is 19.2. The Labute approximate surface area is 149 Å². The molecule has 1 aromatic carbocycles. The smallest absolute Gasteiger partial charge is 0.191 e. The lowest BCUT2D eigenvalue weighted by Crippen LogP contribution is -2.39. The Morgan fingerprint density at radius 3 is 2.73 bits per heavy atom. The van der Waals surface area contributed by atoms with E-state index >= 15 is 0 Å². The van der Waals surface area contributed by atoms with E-state index in [1.54, 1.807) is 0 Å². The van der Waals surface area contributed by atoms with Crippen LogP contribution < -0.4 is 10.6 Å². The van der Waals surface area contributed by atoms with Gasteiger partial charge in [-0.2, -0.15) is 0 Å². The molecule has 1 atom stereocenters. The van der Waals surface area contributed by atoms with Crippen LogP contribution in [0.5, 0.6) is 0 Å². The van der Waals surface area contributed by atoms with Crippen LogP contribution >= 0.6 is 24.0 Å². The van der Waals surface area contributed by atoms with Gasteiger partial charge >= 0.3 is 0 Å². The van der Waals surface area contributed by atoms with Crippen LogP contribution in [0.3, 0.4) is 0 Å². The molecule has 0 heterocycles. The molecule has 0 radical (unpaired) electrons. The second kappa shape index (κ2) is 10.8. The van der Waals surface area contributed by atoms with Gasteiger partial charge in [0.15, 0.2) is 5.96 Å². The highest BCUT2D eigenvalue weighted by atomic mass is 127. The zero-order valence-electron chi connectivity index (χ0n) is 13.0. The highest BCUT2D eigenvalue weighted by molar-refractivity contribution is 14.0. The van der Waals surface area contributed by atoms with Crippen LogP contribution in [0.15, 0.2) is 35.3 Å². The molecule has 0 bridgehead atoms. The van der Waals surface area contributed by atoms with Gasteiger partial charge in [-0.25, -0.2) is 0 Å². The van der Waals surface area contributed by atoms with Crippen LogP contribution in [0.4, 0.5) is 0 Å². The molecule has 1 aliphatic carbocycles. The van der Waals surface area contributed by atoms with Gasteiger partial charge in [0.05, 0.1) is 25.9 Å². The van der Waals surface area contributed by atoms with E-state index in [9.17, 15) is 5.11 Å². The van der Waals surface area contributed by atoms with Crippen molar-refractivity contribution >= 4 is 29.9 Å². The lowest BCUT2D eigenvalue weighted by Gasteiger charge is -2.13. The second-order valence-electron chi connectivity index (χ2n) is 5.29. The van der Waals surface area contributed by atoms with Crippen LogP contribution in [0, 0.1) is 0 Å². The molecule has 1 unspecified atom stereocenters. The summed E-state index contributed by atoms with van der Waals surface area (Å²) >= 11 is 0. The fourth-order valence-corrected chi connectivity index (χ4v) is 1.88. The van der Waals surface area contributed by atoms with Crippen molar-refractivity contribution in [1.29, 1.82) is 0 Å². The molecule has 22 heavy (non-hydrogen) atoms. The number of nitrogens with one attached hydrogen (secondary N) is 2. The largest absolute Gasteiger partial charge is 0.389 e. The zero-order valence-corrected chi connectivity index (χ0v) is 15.3. The van der Waals surface area contributed by atoms with Crippen LogP contribution in [0.2, 0.25) is 0 Å². The summed E-state index contributed by atoms with van der Waals surface area (Å²) in [5.41, 5.74) is 1.11. The van der Waals surface area contributed by atoms with E-state index < -0.39 is 6.10 Å².